The Kier molecular flexibility index (Phi) is 3.09. The van der Waals surface area contributed by atoms with Crippen LogP contribution < -0.4 is 5.56 Å². The first-order valence-corrected chi connectivity index (χ1v) is 5.03. The largest absolute Gasteiger partial charge is 0.369 e. The fourth-order valence-electron chi connectivity index (χ4n) is 1.21. The van der Waals surface area contributed by atoms with Crippen molar-refractivity contribution < 1.29 is 4.79 Å². The number of nitrogens with one attached hydrogen (secondary N) is 1. The molecule has 8 heteroatoms. The third-order valence-corrected chi connectivity index (χ3v) is 1.96. The van der Waals surface area contributed by atoms with Crippen molar-refractivity contribution in [3.8, 4) is 0 Å². The number of aromatic amines is 1. The normalized spacial score (nSPS) is 11.0. The average Bonchev–Trinajstić information content (AvgIpc) is 2.36. The van der Waals surface area contributed by atoms with Gasteiger partial charge in [-0.3, -0.25) is 14.6 Å². The second-order valence-electron chi connectivity index (χ2n) is 3.68. The van der Waals surface area contributed by atoms with E-state index in [1.54, 1.807) is 19.0 Å². The number of aromatic nitrogens is 4. The topological polar surface area (TPSA) is 104 Å². The molecule has 8 nitrogen and oxygen atoms in total. The van der Waals surface area contributed by atoms with Crippen molar-refractivity contribution in [2.45, 2.75) is 0 Å². The SMILES string of the molecule is CN(C)/C=N/c1nc2ncc(C=O)nc2c(=O)[nH]1. The first-order chi connectivity index (χ1) is 8.60. The standard InChI is InChI=1S/C10H10N6O2/c1-16(2)5-12-10-14-8-7(9(18)15-10)13-6(4-17)3-11-8/h3-5H,1-2H3,(H,11,14,15,18)/b12-5+. The van der Waals surface area contributed by atoms with E-state index in [4.69, 9.17) is 0 Å². The molecule has 18 heavy (non-hydrogen) atoms. The lowest BCUT2D eigenvalue weighted by molar-refractivity contribution is 0.111. The lowest BCUT2D eigenvalue weighted by Crippen LogP contribution is -2.12. The van der Waals surface area contributed by atoms with Crippen molar-refractivity contribution in [3.63, 3.8) is 0 Å². The van der Waals surface area contributed by atoms with Crippen molar-refractivity contribution >= 4 is 29.7 Å². The molecule has 2 aromatic heterocycles. The number of rotatable bonds is 3. The number of fused-ring (bicyclic) bond motifs is 1. The quantitative estimate of drug-likeness (QED) is 0.455. The molecule has 0 unspecified atom stereocenters. The van der Waals surface area contributed by atoms with Gasteiger partial charge in [-0.25, -0.2) is 15.0 Å². The van der Waals surface area contributed by atoms with E-state index in [1.807, 2.05) is 0 Å². The molecular formula is C10H10N6O2. The molecule has 0 bridgehead atoms. The summed E-state index contributed by atoms with van der Waals surface area (Å²) in [6.45, 7) is 0. The second-order valence-corrected chi connectivity index (χ2v) is 3.68. The molecule has 0 atom stereocenters. The number of nitrogens with zero attached hydrogens (tertiary/aromatic N) is 5. The minimum atomic E-state index is -0.484. The molecule has 2 aromatic rings. The lowest BCUT2D eigenvalue weighted by atomic mass is 10.4. The van der Waals surface area contributed by atoms with Crippen LogP contribution in [-0.4, -0.2) is 51.6 Å². The number of carbonyl (C=O) groups is 1. The number of hydrogen-bond donors (Lipinski definition) is 1. The molecule has 0 aliphatic carbocycles. The highest BCUT2D eigenvalue weighted by atomic mass is 16.1. The highest BCUT2D eigenvalue weighted by Gasteiger charge is 2.06. The van der Waals surface area contributed by atoms with Gasteiger partial charge in [0.15, 0.2) is 17.5 Å². The maximum absolute atomic E-state index is 11.7. The smallest absolute Gasteiger partial charge is 0.280 e. The summed E-state index contributed by atoms with van der Waals surface area (Å²) in [6, 6.07) is 0. The Morgan fingerprint density at radius 2 is 2.17 bits per heavy atom. The summed E-state index contributed by atoms with van der Waals surface area (Å²) >= 11 is 0. The van der Waals surface area contributed by atoms with Gasteiger partial charge in [-0.15, -0.1) is 0 Å². The first-order valence-electron chi connectivity index (χ1n) is 5.03. The number of aliphatic imine (C=N–C) groups is 1. The minimum Gasteiger partial charge on any atom is -0.369 e. The molecule has 0 saturated carbocycles. The molecule has 2 heterocycles. The number of H-pyrrole nitrogens is 1. The van der Waals surface area contributed by atoms with E-state index in [0.717, 1.165) is 0 Å². The fraction of sp³-hybridized carbons (Fsp3) is 0.200. The summed E-state index contributed by atoms with van der Waals surface area (Å²) < 4.78 is 0. The van der Waals surface area contributed by atoms with Crippen molar-refractivity contribution in [1.82, 2.24) is 24.8 Å². The third kappa shape index (κ3) is 2.37. The summed E-state index contributed by atoms with van der Waals surface area (Å²) in [7, 11) is 3.58. The summed E-state index contributed by atoms with van der Waals surface area (Å²) in [6.07, 6.45) is 3.27. The fourth-order valence-corrected chi connectivity index (χ4v) is 1.21. The van der Waals surface area contributed by atoms with Crippen LogP contribution in [0.3, 0.4) is 0 Å². The van der Waals surface area contributed by atoms with Gasteiger partial charge in [0, 0.05) is 14.1 Å². The van der Waals surface area contributed by atoms with E-state index in [9.17, 15) is 9.59 Å². The molecule has 0 aromatic carbocycles. The molecule has 0 fully saturated rings. The first kappa shape index (κ1) is 11.8. The molecule has 92 valence electrons. The summed E-state index contributed by atoms with van der Waals surface area (Å²) in [5.74, 6) is 0.134. The van der Waals surface area contributed by atoms with Crippen LogP contribution in [-0.2, 0) is 0 Å². The van der Waals surface area contributed by atoms with Crippen molar-refractivity contribution in [1.29, 1.82) is 0 Å². The van der Waals surface area contributed by atoms with Gasteiger partial charge in [0.1, 0.15) is 5.69 Å². The van der Waals surface area contributed by atoms with Crippen LogP contribution in [0.4, 0.5) is 5.95 Å². The Labute approximate surface area is 101 Å². The van der Waals surface area contributed by atoms with Crippen molar-refractivity contribution in [2.75, 3.05) is 14.1 Å². The maximum Gasteiger partial charge on any atom is 0.280 e. The molecular weight excluding hydrogens is 236 g/mol. The summed E-state index contributed by atoms with van der Waals surface area (Å²) in [5, 5.41) is 0. The summed E-state index contributed by atoms with van der Waals surface area (Å²) in [5.41, 5.74) is -0.236. The zero-order valence-corrected chi connectivity index (χ0v) is 9.78. The van der Waals surface area contributed by atoms with Gasteiger partial charge in [-0.2, -0.15) is 4.98 Å². The molecule has 0 aliphatic heterocycles. The van der Waals surface area contributed by atoms with Gasteiger partial charge in [0.2, 0.25) is 5.95 Å². The van der Waals surface area contributed by atoms with E-state index in [2.05, 4.69) is 24.9 Å². The van der Waals surface area contributed by atoms with Crippen LogP contribution in [0.15, 0.2) is 16.0 Å². The van der Waals surface area contributed by atoms with Gasteiger partial charge in [-0.1, -0.05) is 0 Å². The average molecular weight is 246 g/mol. The molecule has 2 rings (SSSR count). The van der Waals surface area contributed by atoms with Crippen LogP contribution in [0.1, 0.15) is 10.5 Å². The summed E-state index contributed by atoms with van der Waals surface area (Å²) in [4.78, 5) is 42.1. The van der Waals surface area contributed by atoms with E-state index >= 15 is 0 Å². The minimum absolute atomic E-state index is 0.0170. The zero-order valence-electron chi connectivity index (χ0n) is 9.78. The zero-order chi connectivity index (χ0) is 13.1. The van der Waals surface area contributed by atoms with Crippen LogP contribution in [0.25, 0.3) is 11.2 Å². The van der Waals surface area contributed by atoms with Crippen LogP contribution in [0.2, 0.25) is 0 Å². The van der Waals surface area contributed by atoms with Crippen molar-refractivity contribution in [2.24, 2.45) is 4.99 Å². The molecule has 0 radical (unpaired) electrons. The third-order valence-electron chi connectivity index (χ3n) is 1.96. The second kappa shape index (κ2) is 4.70. The van der Waals surface area contributed by atoms with E-state index in [-0.39, 0.29) is 22.8 Å². The number of carbonyl (C=O) groups excluding carboxylic acids is 1. The van der Waals surface area contributed by atoms with Gasteiger partial charge < -0.3 is 4.90 Å². The van der Waals surface area contributed by atoms with Crippen LogP contribution in [0.5, 0.6) is 0 Å². The molecule has 0 amide bonds. The molecule has 1 N–H and O–H groups in total. The van der Waals surface area contributed by atoms with E-state index in [0.29, 0.717) is 6.29 Å². The maximum atomic E-state index is 11.7. The number of aldehydes is 1. The predicted octanol–water partition coefficient (Wildman–Crippen LogP) is -0.253. The monoisotopic (exact) mass is 246 g/mol. The van der Waals surface area contributed by atoms with Crippen LogP contribution in [0, 0.1) is 0 Å². The Morgan fingerprint density at radius 3 is 2.83 bits per heavy atom. The van der Waals surface area contributed by atoms with Crippen LogP contribution >= 0.6 is 0 Å². The molecule has 0 spiro atoms. The van der Waals surface area contributed by atoms with E-state index in [1.165, 1.54) is 12.5 Å². The Morgan fingerprint density at radius 1 is 1.39 bits per heavy atom. The van der Waals surface area contributed by atoms with Gasteiger partial charge >= 0.3 is 0 Å². The predicted molar refractivity (Wildman–Crippen MR) is 65.2 cm³/mol. The van der Waals surface area contributed by atoms with Gasteiger partial charge in [-0.05, 0) is 0 Å². The molecule has 0 saturated heterocycles. The number of hydrogen-bond acceptors (Lipinski definition) is 6. The Hall–Kier alpha value is -2.64. The van der Waals surface area contributed by atoms with E-state index < -0.39 is 5.56 Å². The molecule has 0 aliphatic rings. The highest BCUT2D eigenvalue weighted by molar-refractivity contribution is 5.77. The van der Waals surface area contributed by atoms with Gasteiger partial charge in [0.25, 0.3) is 5.56 Å². The highest BCUT2D eigenvalue weighted by Crippen LogP contribution is 2.05. The van der Waals surface area contributed by atoms with Gasteiger partial charge in [0.05, 0.1) is 12.5 Å². The van der Waals surface area contributed by atoms with Crippen molar-refractivity contribution in [3.05, 3.63) is 22.2 Å². The lowest BCUT2D eigenvalue weighted by Gasteiger charge is -2.02. The Bertz CT molecular complexity index is 676. The Balaban J connectivity index is 2.57.